The predicted molar refractivity (Wildman–Crippen MR) is 65.2 cm³/mol. The molecule has 1 aromatic rings. The lowest BCUT2D eigenvalue weighted by Crippen LogP contribution is -2.35. The third-order valence-corrected chi connectivity index (χ3v) is 2.81. The van der Waals surface area contributed by atoms with Gasteiger partial charge in [0.1, 0.15) is 5.82 Å². The van der Waals surface area contributed by atoms with Gasteiger partial charge in [-0.15, -0.1) is 0 Å². The normalized spacial score (nSPS) is 18.4. The van der Waals surface area contributed by atoms with Gasteiger partial charge in [-0.2, -0.15) is 0 Å². The lowest BCUT2D eigenvalue weighted by Gasteiger charge is -2.10. The van der Waals surface area contributed by atoms with Gasteiger partial charge in [-0.3, -0.25) is 4.79 Å². The molecular weight excluding hydrogens is 234 g/mol. The van der Waals surface area contributed by atoms with Crippen molar-refractivity contribution in [2.24, 2.45) is 0 Å². The van der Waals surface area contributed by atoms with E-state index in [9.17, 15) is 9.59 Å². The molecule has 0 aliphatic carbocycles. The van der Waals surface area contributed by atoms with Crippen molar-refractivity contribution in [1.82, 2.24) is 10.3 Å². The molecule has 0 aromatic carbocycles. The number of nitrogens with one attached hydrogen (secondary N) is 2. The molecule has 1 aromatic heterocycles. The Labute approximate surface area is 105 Å². The fraction of sp³-hybridized carbons (Fsp3) is 0.417. The molecule has 2 N–H and O–H groups in total. The van der Waals surface area contributed by atoms with E-state index in [4.69, 9.17) is 0 Å². The minimum absolute atomic E-state index is 0.0918. The average molecular weight is 249 g/mol. The van der Waals surface area contributed by atoms with Crippen molar-refractivity contribution < 1.29 is 14.3 Å². The summed E-state index contributed by atoms with van der Waals surface area (Å²) in [5, 5.41) is 5.80. The summed E-state index contributed by atoms with van der Waals surface area (Å²) in [6, 6.07) is 3.00. The number of aromatic nitrogens is 1. The zero-order chi connectivity index (χ0) is 13.0. The molecule has 1 atom stereocenters. The van der Waals surface area contributed by atoms with Crippen LogP contribution < -0.4 is 10.6 Å². The van der Waals surface area contributed by atoms with Crippen molar-refractivity contribution in [2.75, 3.05) is 19.0 Å². The van der Waals surface area contributed by atoms with Crippen molar-refractivity contribution >= 4 is 17.7 Å². The fourth-order valence-electron chi connectivity index (χ4n) is 1.83. The van der Waals surface area contributed by atoms with Gasteiger partial charge in [0, 0.05) is 6.20 Å². The molecule has 1 saturated heterocycles. The number of esters is 1. The van der Waals surface area contributed by atoms with Crippen LogP contribution in [-0.4, -0.2) is 36.6 Å². The highest BCUT2D eigenvalue weighted by molar-refractivity contribution is 5.94. The van der Waals surface area contributed by atoms with Crippen LogP contribution in [0.15, 0.2) is 18.3 Å². The quantitative estimate of drug-likeness (QED) is 0.765. The fourth-order valence-corrected chi connectivity index (χ4v) is 1.83. The summed E-state index contributed by atoms with van der Waals surface area (Å²) in [6.45, 7) is 0.868. The maximum atomic E-state index is 11.8. The third kappa shape index (κ3) is 2.84. The minimum Gasteiger partial charge on any atom is -0.465 e. The highest BCUT2D eigenvalue weighted by Gasteiger charge is 2.22. The van der Waals surface area contributed by atoms with E-state index in [1.807, 2.05) is 0 Å². The smallest absolute Gasteiger partial charge is 0.339 e. The van der Waals surface area contributed by atoms with Gasteiger partial charge in [0.2, 0.25) is 5.91 Å². The van der Waals surface area contributed by atoms with E-state index in [0.29, 0.717) is 11.4 Å². The molecule has 6 heteroatoms. The molecule has 6 nitrogen and oxygen atoms in total. The van der Waals surface area contributed by atoms with E-state index < -0.39 is 5.97 Å². The Kier molecular flexibility index (Phi) is 3.88. The Balaban J connectivity index is 1.97. The Morgan fingerprint density at radius 3 is 2.89 bits per heavy atom. The number of carbonyl (C=O) groups excluding carboxylic acids is 2. The van der Waals surface area contributed by atoms with Crippen molar-refractivity contribution in [3.63, 3.8) is 0 Å². The topological polar surface area (TPSA) is 80.3 Å². The number of carbonyl (C=O) groups is 2. The molecular formula is C12H15N3O3. The number of methoxy groups -OCH3 is 1. The first-order valence-electron chi connectivity index (χ1n) is 5.79. The minimum atomic E-state index is -0.446. The van der Waals surface area contributed by atoms with E-state index in [1.165, 1.54) is 13.3 Å². The standard InChI is InChI=1S/C12H15N3O3/c1-18-12(17)8-4-5-10(14-7-8)15-11(16)9-3-2-6-13-9/h4-5,7,9,13H,2-3,6H2,1H3,(H,14,15,16). The molecule has 0 saturated carbocycles. The predicted octanol–water partition coefficient (Wildman–Crippen LogP) is 0.559. The van der Waals surface area contributed by atoms with Crippen molar-refractivity contribution in [3.8, 4) is 0 Å². The summed E-state index contributed by atoms with van der Waals surface area (Å²) in [5.74, 6) is -0.106. The molecule has 1 fully saturated rings. The van der Waals surface area contributed by atoms with Gasteiger partial charge in [-0.25, -0.2) is 9.78 Å². The van der Waals surface area contributed by atoms with Crippen LogP contribution in [0.4, 0.5) is 5.82 Å². The second-order valence-electron chi connectivity index (χ2n) is 4.06. The molecule has 0 spiro atoms. The number of hydrogen-bond acceptors (Lipinski definition) is 5. The maximum Gasteiger partial charge on any atom is 0.339 e. The van der Waals surface area contributed by atoms with Gasteiger partial charge in [-0.1, -0.05) is 0 Å². The van der Waals surface area contributed by atoms with E-state index in [0.717, 1.165) is 19.4 Å². The molecule has 1 aliphatic rings. The molecule has 1 amide bonds. The van der Waals surface area contributed by atoms with Gasteiger partial charge < -0.3 is 15.4 Å². The number of pyridine rings is 1. The van der Waals surface area contributed by atoms with E-state index in [2.05, 4.69) is 20.4 Å². The zero-order valence-electron chi connectivity index (χ0n) is 10.1. The Morgan fingerprint density at radius 2 is 2.33 bits per heavy atom. The Morgan fingerprint density at radius 1 is 1.50 bits per heavy atom. The first-order valence-corrected chi connectivity index (χ1v) is 5.79. The van der Waals surface area contributed by atoms with Gasteiger partial charge in [0.25, 0.3) is 0 Å². The van der Waals surface area contributed by atoms with E-state index >= 15 is 0 Å². The van der Waals surface area contributed by atoms with Crippen LogP contribution in [0.25, 0.3) is 0 Å². The van der Waals surface area contributed by atoms with Crippen LogP contribution in [0.3, 0.4) is 0 Å². The highest BCUT2D eigenvalue weighted by atomic mass is 16.5. The van der Waals surface area contributed by atoms with Crippen LogP contribution >= 0.6 is 0 Å². The molecule has 1 unspecified atom stereocenters. The van der Waals surface area contributed by atoms with Crippen molar-refractivity contribution in [2.45, 2.75) is 18.9 Å². The lowest BCUT2D eigenvalue weighted by molar-refractivity contribution is -0.117. The summed E-state index contributed by atoms with van der Waals surface area (Å²) in [6.07, 6.45) is 3.22. The SMILES string of the molecule is COC(=O)c1ccc(NC(=O)C2CCCN2)nc1. The van der Waals surface area contributed by atoms with Crippen molar-refractivity contribution in [1.29, 1.82) is 0 Å². The summed E-state index contributed by atoms with van der Waals surface area (Å²) < 4.78 is 4.56. The summed E-state index contributed by atoms with van der Waals surface area (Å²) in [5.41, 5.74) is 0.356. The average Bonchev–Trinajstić information content (AvgIpc) is 2.92. The van der Waals surface area contributed by atoms with Crippen LogP contribution in [0.5, 0.6) is 0 Å². The first-order chi connectivity index (χ1) is 8.70. The number of amides is 1. The molecule has 18 heavy (non-hydrogen) atoms. The van der Waals surface area contributed by atoms with Crippen LogP contribution in [0, 0.1) is 0 Å². The number of anilines is 1. The largest absolute Gasteiger partial charge is 0.465 e. The molecule has 0 radical (unpaired) electrons. The van der Waals surface area contributed by atoms with Gasteiger partial charge in [0.15, 0.2) is 0 Å². The number of ether oxygens (including phenoxy) is 1. The number of rotatable bonds is 3. The Bertz CT molecular complexity index is 438. The van der Waals surface area contributed by atoms with Crippen LogP contribution in [0.1, 0.15) is 23.2 Å². The summed E-state index contributed by atoms with van der Waals surface area (Å²) in [4.78, 5) is 27.0. The second kappa shape index (κ2) is 5.59. The Hall–Kier alpha value is -1.95. The van der Waals surface area contributed by atoms with Crippen molar-refractivity contribution in [3.05, 3.63) is 23.9 Å². The highest BCUT2D eigenvalue weighted by Crippen LogP contribution is 2.10. The molecule has 1 aliphatic heterocycles. The third-order valence-electron chi connectivity index (χ3n) is 2.81. The van der Waals surface area contributed by atoms with Crippen LogP contribution in [0.2, 0.25) is 0 Å². The van der Waals surface area contributed by atoms with Gasteiger partial charge in [0.05, 0.1) is 18.7 Å². The van der Waals surface area contributed by atoms with E-state index in [-0.39, 0.29) is 11.9 Å². The summed E-state index contributed by atoms with van der Waals surface area (Å²) in [7, 11) is 1.31. The van der Waals surface area contributed by atoms with Gasteiger partial charge in [-0.05, 0) is 31.5 Å². The monoisotopic (exact) mass is 249 g/mol. The number of hydrogen-bond donors (Lipinski definition) is 2. The van der Waals surface area contributed by atoms with E-state index in [1.54, 1.807) is 12.1 Å². The maximum absolute atomic E-state index is 11.8. The second-order valence-corrected chi connectivity index (χ2v) is 4.06. The molecule has 96 valence electrons. The van der Waals surface area contributed by atoms with Crippen LogP contribution in [-0.2, 0) is 9.53 Å². The number of nitrogens with zero attached hydrogens (tertiary/aromatic N) is 1. The molecule has 2 heterocycles. The zero-order valence-corrected chi connectivity index (χ0v) is 10.1. The lowest BCUT2D eigenvalue weighted by atomic mass is 10.2. The van der Waals surface area contributed by atoms with Gasteiger partial charge >= 0.3 is 5.97 Å². The molecule has 2 rings (SSSR count). The summed E-state index contributed by atoms with van der Waals surface area (Å²) >= 11 is 0. The first kappa shape index (κ1) is 12.5. The molecule has 0 bridgehead atoms.